The van der Waals surface area contributed by atoms with Crippen molar-refractivity contribution in [3.05, 3.63) is 29.8 Å². The van der Waals surface area contributed by atoms with E-state index in [1.807, 2.05) is 24.3 Å². The van der Waals surface area contributed by atoms with Crippen molar-refractivity contribution in [2.45, 2.75) is 19.8 Å². The van der Waals surface area contributed by atoms with Gasteiger partial charge in [-0.05, 0) is 23.6 Å². The second kappa shape index (κ2) is 3.94. The minimum atomic E-state index is -0.530. The quantitative estimate of drug-likeness (QED) is 0.717. The molecule has 0 aliphatic heterocycles. The third-order valence-corrected chi connectivity index (χ3v) is 1.84. The highest BCUT2D eigenvalue weighted by atomic mass is 16.2. The third-order valence-electron chi connectivity index (χ3n) is 1.84. The first kappa shape index (κ1) is 9.58. The van der Waals surface area contributed by atoms with Crippen LogP contribution in [0.25, 0.3) is 0 Å². The lowest BCUT2D eigenvalue weighted by Gasteiger charge is -2.06. The van der Waals surface area contributed by atoms with Gasteiger partial charge in [0.2, 0.25) is 0 Å². The lowest BCUT2D eigenvalue weighted by molar-refractivity contribution is 0.259. The Kier molecular flexibility index (Phi) is 2.90. The topological polar surface area (TPSA) is 55.1 Å². The minimum absolute atomic E-state index is 0.502. The molecule has 0 spiro atoms. The normalized spacial score (nSPS) is 10.1. The van der Waals surface area contributed by atoms with E-state index in [9.17, 15) is 4.79 Å². The zero-order chi connectivity index (χ0) is 9.84. The highest BCUT2D eigenvalue weighted by Gasteiger charge is 1.99. The maximum Gasteiger partial charge on any atom is 0.316 e. The van der Waals surface area contributed by atoms with Gasteiger partial charge in [0.25, 0.3) is 0 Å². The number of anilines is 1. The van der Waals surface area contributed by atoms with Crippen LogP contribution < -0.4 is 11.1 Å². The first-order valence-electron chi connectivity index (χ1n) is 4.26. The molecule has 0 fully saturated rings. The van der Waals surface area contributed by atoms with E-state index >= 15 is 0 Å². The maximum atomic E-state index is 10.5. The number of rotatable bonds is 2. The van der Waals surface area contributed by atoms with Gasteiger partial charge in [-0.3, -0.25) is 0 Å². The number of carbonyl (C=O) groups is 1. The predicted molar refractivity (Wildman–Crippen MR) is 53.7 cm³/mol. The molecule has 3 heteroatoms. The number of hydrogen-bond donors (Lipinski definition) is 2. The molecule has 0 aromatic heterocycles. The summed E-state index contributed by atoms with van der Waals surface area (Å²) in [6, 6.07) is 7.13. The van der Waals surface area contributed by atoms with E-state index in [1.165, 1.54) is 5.56 Å². The Morgan fingerprint density at radius 1 is 1.31 bits per heavy atom. The van der Waals surface area contributed by atoms with Crippen molar-refractivity contribution in [2.75, 3.05) is 5.32 Å². The summed E-state index contributed by atoms with van der Waals surface area (Å²) in [6.45, 7) is 4.24. The fourth-order valence-electron chi connectivity index (χ4n) is 1.09. The summed E-state index contributed by atoms with van der Waals surface area (Å²) in [4.78, 5) is 10.5. The van der Waals surface area contributed by atoms with Crippen LogP contribution in [0.1, 0.15) is 25.3 Å². The largest absolute Gasteiger partial charge is 0.351 e. The second-order valence-electron chi connectivity index (χ2n) is 3.27. The fourth-order valence-corrected chi connectivity index (χ4v) is 1.09. The van der Waals surface area contributed by atoms with Crippen molar-refractivity contribution in [1.82, 2.24) is 0 Å². The summed E-state index contributed by atoms with van der Waals surface area (Å²) in [5, 5.41) is 2.51. The Balaban J connectivity index is 2.75. The van der Waals surface area contributed by atoms with Gasteiger partial charge in [0.05, 0.1) is 0 Å². The Labute approximate surface area is 77.9 Å². The average molecular weight is 178 g/mol. The first-order valence-corrected chi connectivity index (χ1v) is 4.26. The Morgan fingerprint density at radius 2 is 1.85 bits per heavy atom. The number of amides is 2. The number of nitrogens with two attached hydrogens (primary N) is 1. The number of nitrogens with one attached hydrogen (secondary N) is 1. The van der Waals surface area contributed by atoms with Gasteiger partial charge in [0.15, 0.2) is 0 Å². The van der Waals surface area contributed by atoms with Gasteiger partial charge in [-0.2, -0.15) is 0 Å². The first-order chi connectivity index (χ1) is 6.09. The summed E-state index contributed by atoms with van der Waals surface area (Å²) in [6.07, 6.45) is 0. The molecule has 13 heavy (non-hydrogen) atoms. The zero-order valence-electron chi connectivity index (χ0n) is 7.87. The van der Waals surface area contributed by atoms with Crippen molar-refractivity contribution in [1.29, 1.82) is 0 Å². The molecule has 3 N–H and O–H groups in total. The van der Waals surface area contributed by atoms with Crippen LogP contribution in [0.4, 0.5) is 10.5 Å². The molecule has 1 aromatic rings. The van der Waals surface area contributed by atoms with Crippen molar-refractivity contribution in [3.63, 3.8) is 0 Å². The maximum absolute atomic E-state index is 10.5. The van der Waals surface area contributed by atoms with Crippen LogP contribution >= 0.6 is 0 Å². The van der Waals surface area contributed by atoms with Crippen LogP contribution in [-0.4, -0.2) is 6.03 Å². The SMILES string of the molecule is CC(C)c1ccc(NC(N)=O)cc1. The van der Waals surface area contributed by atoms with Crippen LogP contribution in [0, 0.1) is 0 Å². The van der Waals surface area contributed by atoms with Gasteiger partial charge in [0.1, 0.15) is 0 Å². The average Bonchev–Trinajstić information content (AvgIpc) is 2.04. The van der Waals surface area contributed by atoms with E-state index < -0.39 is 6.03 Å². The summed E-state index contributed by atoms with van der Waals surface area (Å²) in [5.74, 6) is 0.502. The van der Waals surface area contributed by atoms with Crippen LogP contribution in [-0.2, 0) is 0 Å². The molecule has 1 rings (SSSR count). The van der Waals surface area contributed by atoms with Gasteiger partial charge in [0, 0.05) is 5.69 Å². The standard InChI is InChI=1S/C10H14N2O/c1-7(2)8-3-5-9(6-4-8)12-10(11)13/h3-7H,1-2H3,(H3,11,12,13). The van der Waals surface area contributed by atoms with Crippen molar-refractivity contribution in [3.8, 4) is 0 Å². The smallest absolute Gasteiger partial charge is 0.316 e. The van der Waals surface area contributed by atoms with Gasteiger partial charge >= 0.3 is 6.03 Å². The molecule has 0 saturated carbocycles. The summed E-state index contributed by atoms with van der Waals surface area (Å²) in [7, 11) is 0. The van der Waals surface area contributed by atoms with E-state index in [1.54, 1.807) is 0 Å². The Morgan fingerprint density at radius 3 is 2.23 bits per heavy atom. The molecule has 0 bridgehead atoms. The number of urea groups is 1. The van der Waals surface area contributed by atoms with Crippen molar-refractivity contribution < 1.29 is 4.79 Å². The summed E-state index contributed by atoms with van der Waals surface area (Å²) < 4.78 is 0. The zero-order valence-corrected chi connectivity index (χ0v) is 7.87. The summed E-state index contributed by atoms with van der Waals surface area (Å²) in [5.41, 5.74) is 6.95. The van der Waals surface area contributed by atoms with E-state index in [4.69, 9.17) is 5.73 Å². The van der Waals surface area contributed by atoms with Crippen molar-refractivity contribution >= 4 is 11.7 Å². The van der Waals surface area contributed by atoms with Gasteiger partial charge in [-0.15, -0.1) is 0 Å². The van der Waals surface area contributed by atoms with Crippen LogP contribution in [0.3, 0.4) is 0 Å². The molecule has 0 aliphatic carbocycles. The molecule has 0 radical (unpaired) electrons. The molecule has 2 amide bonds. The Bertz CT molecular complexity index is 290. The molecule has 1 aromatic carbocycles. The van der Waals surface area contributed by atoms with Crippen molar-refractivity contribution in [2.24, 2.45) is 5.73 Å². The van der Waals surface area contributed by atoms with E-state index in [0.29, 0.717) is 5.92 Å². The molecule has 0 atom stereocenters. The highest BCUT2D eigenvalue weighted by Crippen LogP contribution is 2.16. The lowest BCUT2D eigenvalue weighted by Crippen LogP contribution is -2.19. The number of carbonyl (C=O) groups excluding carboxylic acids is 1. The van der Waals surface area contributed by atoms with E-state index in [-0.39, 0.29) is 0 Å². The number of primary amides is 1. The van der Waals surface area contributed by atoms with Crippen LogP contribution in [0.5, 0.6) is 0 Å². The minimum Gasteiger partial charge on any atom is -0.351 e. The lowest BCUT2D eigenvalue weighted by atomic mass is 10.0. The number of hydrogen-bond acceptors (Lipinski definition) is 1. The fraction of sp³-hybridized carbons (Fsp3) is 0.300. The van der Waals surface area contributed by atoms with E-state index in [0.717, 1.165) is 5.69 Å². The van der Waals surface area contributed by atoms with E-state index in [2.05, 4.69) is 19.2 Å². The highest BCUT2D eigenvalue weighted by molar-refractivity contribution is 5.87. The Hall–Kier alpha value is -1.51. The molecule has 0 aliphatic rings. The monoisotopic (exact) mass is 178 g/mol. The molecule has 70 valence electrons. The van der Waals surface area contributed by atoms with Crippen LogP contribution in [0.15, 0.2) is 24.3 Å². The third kappa shape index (κ3) is 2.78. The van der Waals surface area contributed by atoms with Gasteiger partial charge in [-0.25, -0.2) is 4.79 Å². The predicted octanol–water partition coefficient (Wildman–Crippen LogP) is 2.30. The molecule has 3 nitrogen and oxygen atoms in total. The molecule has 0 unspecified atom stereocenters. The molecular weight excluding hydrogens is 164 g/mol. The molecule has 0 saturated heterocycles. The molecular formula is C10H14N2O. The number of benzene rings is 1. The van der Waals surface area contributed by atoms with Gasteiger partial charge < -0.3 is 11.1 Å². The summed E-state index contributed by atoms with van der Waals surface area (Å²) >= 11 is 0. The van der Waals surface area contributed by atoms with Gasteiger partial charge in [-0.1, -0.05) is 26.0 Å². The van der Waals surface area contributed by atoms with Crippen LogP contribution in [0.2, 0.25) is 0 Å². The molecule has 0 heterocycles. The second-order valence-corrected chi connectivity index (χ2v) is 3.27.